The van der Waals surface area contributed by atoms with E-state index < -0.39 is 0 Å². The summed E-state index contributed by atoms with van der Waals surface area (Å²) in [5.74, 6) is 3.33. The zero-order chi connectivity index (χ0) is 18.6. The third-order valence-electron chi connectivity index (χ3n) is 7.26. The van der Waals surface area contributed by atoms with Crippen molar-refractivity contribution in [3.8, 4) is 0 Å². The molecule has 2 nitrogen and oxygen atoms in total. The molecular weight excluding hydrogens is 356 g/mol. The summed E-state index contributed by atoms with van der Waals surface area (Å²) in [7, 11) is 0. The average Bonchev–Trinajstić information content (AvgIpc) is 2.75. The summed E-state index contributed by atoms with van der Waals surface area (Å²) in [4.78, 5) is 0. The molecule has 1 aromatic rings. The van der Waals surface area contributed by atoms with Crippen molar-refractivity contribution >= 4 is 11.6 Å². The Balaban J connectivity index is 1.21. The van der Waals surface area contributed by atoms with Gasteiger partial charge in [0.05, 0.1) is 13.2 Å². The van der Waals surface area contributed by atoms with E-state index in [1.807, 2.05) is 12.1 Å². The van der Waals surface area contributed by atoms with Crippen LogP contribution in [0.5, 0.6) is 0 Å². The highest BCUT2D eigenvalue weighted by atomic mass is 35.5. The van der Waals surface area contributed by atoms with Crippen molar-refractivity contribution in [1.82, 2.24) is 0 Å². The fourth-order valence-electron chi connectivity index (χ4n) is 5.39. The van der Waals surface area contributed by atoms with Crippen LogP contribution in [-0.2, 0) is 9.47 Å². The summed E-state index contributed by atoms with van der Waals surface area (Å²) < 4.78 is 12.5. The third kappa shape index (κ3) is 4.78. The molecule has 2 aliphatic carbocycles. The zero-order valence-corrected chi connectivity index (χ0v) is 17.1. The SMILES string of the molecule is C=CC1CCC(C2COC(C3CCC(c4ccc(Cl)cc4)CC3)OC2)CC1. The van der Waals surface area contributed by atoms with Gasteiger partial charge in [0, 0.05) is 16.9 Å². The molecule has 4 rings (SSSR count). The molecule has 1 heterocycles. The van der Waals surface area contributed by atoms with E-state index in [9.17, 15) is 0 Å². The minimum Gasteiger partial charge on any atom is -0.352 e. The molecule has 1 aliphatic heterocycles. The Kier molecular flexibility index (Phi) is 6.58. The molecule has 27 heavy (non-hydrogen) atoms. The second-order valence-corrected chi connectivity index (χ2v) is 9.31. The lowest BCUT2D eigenvalue weighted by molar-refractivity contribution is -0.236. The van der Waals surface area contributed by atoms with Crippen LogP contribution >= 0.6 is 11.6 Å². The monoisotopic (exact) mass is 388 g/mol. The van der Waals surface area contributed by atoms with Gasteiger partial charge in [-0.1, -0.05) is 29.8 Å². The van der Waals surface area contributed by atoms with Crippen molar-refractivity contribution in [1.29, 1.82) is 0 Å². The molecule has 3 heteroatoms. The normalized spacial score (nSPS) is 37.7. The van der Waals surface area contributed by atoms with Crippen molar-refractivity contribution < 1.29 is 9.47 Å². The number of ether oxygens (including phenoxy) is 2. The van der Waals surface area contributed by atoms with Crippen LogP contribution in [0.2, 0.25) is 5.02 Å². The molecule has 0 atom stereocenters. The lowest BCUT2D eigenvalue weighted by atomic mass is 9.75. The zero-order valence-electron chi connectivity index (χ0n) is 16.3. The van der Waals surface area contributed by atoms with Crippen LogP contribution < -0.4 is 0 Å². The Morgan fingerprint density at radius 1 is 0.778 bits per heavy atom. The maximum atomic E-state index is 6.23. The lowest BCUT2D eigenvalue weighted by Crippen LogP contribution is -2.41. The van der Waals surface area contributed by atoms with Crippen LogP contribution in [0.25, 0.3) is 0 Å². The molecule has 2 saturated carbocycles. The van der Waals surface area contributed by atoms with Gasteiger partial charge in [0.25, 0.3) is 0 Å². The molecule has 1 saturated heterocycles. The Labute approximate surface area is 169 Å². The van der Waals surface area contributed by atoms with Crippen molar-refractivity contribution in [2.24, 2.45) is 23.7 Å². The van der Waals surface area contributed by atoms with E-state index in [0.717, 1.165) is 30.1 Å². The van der Waals surface area contributed by atoms with Gasteiger partial charge in [-0.3, -0.25) is 0 Å². The van der Waals surface area contributed by atoms with E-state index in [1.165, 1.54) is 56.9 Å². The highest BCUT2D eigenvalue weighted by molar-refractivity contribution is 6.30. The number of halogens is 1. The average molecular weight is 389 g/mol. The highest BCUT2D eigenvalue weighted by Gasteiger charge is 2.36. The second-order valence-electron chi connectivity index (χ2n) is 8.87. The van der Waals surface area contributed by atoms with Crippen LogP contribution in [0, 0.1) is 23.7 Å². The fourth-order valence-corrected chi connectivity index (χ4v) is 5.52. The maximum absolute atomic E-state index is 6.23. The van der Waals surface area contributed by atoms with Gasteiger partial charge < -0.3 is 9.47 Å². The van der Waals surface area contributed by atoms with Gasteiger partial charge >= 0.3 is 0 Å². The standard InChI is InChI=1S/C24H33ClO2/c1-2-17-3-5-20(6-4-17)22-15-26-24(27-16-22)21-9-7-18(8-10-21)19-11-13-23(25)14-12-19/h2,11-14,17-18,20-22,24H,1,3-10,15-16H2. The molecule has 0 aromatic heterocycles. The summed E-state index contributed by atoms with van der Waals surface area (Å²) in [6.07, 6.45) is 12.2. The Morgan fingerprint density at radius 2 is 1.37 bits per heavy atom. The van der Waals surface area contributed by atoms with Gasteiger partial charge in [0.2, 0.25) is 0 Å². The summed E-state index contributed by atoms with van der Waals surface area (Å²) in [5.41, 5.74) is 1.43. The van der Waals surface area contributed by atoms with E-state index in [1.54, 1.807) is 0 Å². The van der Waals surface area contributed by atoms with Gasteiger partial charge in [0.1, 0.15) is 0 Å². The van der Waals surface area contributed by atoms with Crippen LogP contribution in [0.1, 0.15) is 62.8 Å². The van der Waals surface area contributed by atoms with Crippen molar-refractivity contribution in [3.63, 3.8) is 0 Å². The first kappa shape index (κ1) is 19.5. The summed E-state index contributed by atoms with van der Waals surface area (Å²) in [6, 6.07) is 8.40. The minimum absolute atomic E-state index is 0.0249. The Bertz CT molecular complexity index is 589. The van der Waals surface area contributed by atoms with Gasteiger partial charge in [-0.05, 0) is 86.8 Å². The van der Waals surface area contributed by atoms with Crippen molar-refractivity contribution in [3.05, 3.63) is 47.5 Å². The predicted molar refractivity (Wildman–Crippen MR) is 111 cm³/mol. The Morgan fingerprint density at radius 3 is 1.96 bits per heavy atom. The van der Waals surface area contributed by atoms with Crippen LogP contribution in [0.15, 0.2) is 36.9 Å². The largest absolute Gasteiger partial charge is 0.352 e. The number of benzene rings is 1. The van der Waals surface area contributed by atoms with Gasteiger partial charge in [-0.25, -0.2) is 0 Å². The number of rotatable bonds is 4. The molecule has 0 radical (unpaired) electrons. The molecule has 3 fully saturated rings. The molecule has 0 spiro atoms. The summed E-state index contributed by atoms with van der Waals surface area (Å²) in [6.45, 7) is 5.74. The Hall–Kier alpha value is -0.830. The first-order valence-electron chi connectivity index (χ1n) is 10.8. The maximum Gasteiger partial charge on any atom is 0.160 e. The van der Waals surface area contributed by atoms with Crippen molar-refractivity contribution in [2.45, 2.75) is 63.6 Å². The van der Waals surface area contributed by atoms with Crippen LogP contribution in [-0.4, -0.2) is 19.5 Å². The molecule has 3 aliphatic rings. The molecule has 148 valence electrons. The summed E-state index contributed by atoms with van der Waals surface area (Å²) >= 11 is 6.02. The van der Waals surface area contributed by atoms with E-state index >= 15 is 0 Å². The lowest BCUT2D eigenvalue weighted by Gasteiger charge is -2.41. The third-order valence-corrected chi connectivity index (χ3v) is 7.52. The molecule has 0 bridgehead atoms. The number of allylic oxidation sites excluding steroid dienone is 1. The first-order valence-corrected chi connectivity index (χ1v) is 11.2. The highest BCUT2D eigenvalue weighted by Crippen LogP contribution is 2.41. The van der Waals surface area contributed by atoms with E-state index in [2.05, 4.69) is 24.8 Å². The molecular formula is C24H33ClO2. The number of hydrogen-bond donors (Lipinski definition) is 0. The predicted octanol–water partition coefficient (Wildman–Crippen LogP) is 6.60. The quantitative estimate of drug-likeness (QED) is 0.541. The molecule has 0 unspecified atom stereocenters. The second kappa shape index (κ2) is 9.11. The number of hydrogen-bond acceptors (Lipinski definition) is 2. The topological polar surface area (TPSA) is 18.5 Å². The van der Waals surface area contributed by atoms with Gasteiger partial charge in [-0.2, -0.15) is 0 Å². The van der Waals surface area contributed by atoms with E-state index in [0.29, 0.717) is 17.8 Å². The first-order chi connectivity index (χ1) is 13.2. The smallest absolute Gasteiger partial charge is 0.160 e. The van der Waals surface area contributed by atoms with E-state index in [4.69, 9.17) is 21.1 Å². The van der Waals surface area contributed by atoms with E-state index in [-0.39, 0.29) is 6.29 Å². The fraction of sp³-hybridized carbons (Fsp3) is 0.667. The van der Waals surface area contributed by atoms with Crippen molar-refractivity contribution in [2.75, 3.05) is 13.2 Å². The minimum atomic E-state index is 0.0249. The van der Waals surface area contributed by atoms with Gasteiger partial charge in [-0.15, -0.1) is 6.58 Å². The van der Waals surface area contributed by atoms with Crippen LogP contribution in [0.3, 0.4) is 0 Å². The molecule has 0 amide bonds. The molecule has 0 N–H and O–H groups in total. The van der Waals surface area contributed by atoms with Gasteiger partial charge in [0.15, 0.2) is 6.29 Å². The van der Waals surface area contributed by atoms with Crippen LogP contribution in [0.4, 0.5) is 0 Å². The summed E-state index contributed by atoms with van der Waals surface area (Å²) in [5, 5.41) is 0.823. The molecule has 1 aromatic carbocycles.